The van der Waals surface area contributed by atoms with Crippen molar-refractivity contribution in [1.29, 1.82) is 5.26 Å². The molecule has 0 fully saturated rings. The minimum atomic E-state index is 0.654. The summed E-state index contributed by atoms with van der Waals surface area (Å²) in [7, 11) is 0. The van der Waals surface area contributed by atoms with Gasteiger partial charge in [0.15, 0.2) is 0 Å². The van der Waals surface area contributed by atoms with Crippen molar-refractivity contribution in [3.63, 3.8) is 0 Å². The molecule has 3 nitrogen and oxygen atoms in total. The molecule has 0 unspecified atom stereocenters. The van der Waals surface area contributed by atoms with Crippen molar-refractivity contribution < 1.29 is 0 Å². The molecule has 3 aromatic rings. The third kappa shape index (κ3) is 2.19. The van der Waals surface area contributed by atoms with Crippen LogP contribution in [0.4, 0.5) is 0 Å². The Kier molecular flexibility index (Phi) is 3.06. The van der Waals surface area contributed by atoms with Crippen molar-refractivity contribution in [2.75, 3.05) is 0 Å². The Labute approximate surface area is 117 Å². The Bertz CT molecular complexity index is 779. The summed E-state index contributed by atoms with van der Waals surface area (Å²) >= 11 is 0. The second-order valence-corrected chi connectivity index (χ2v) is 4.65. The molecule has 0 radical (unpaired) electrons. The van der Waals surface area contributed by atoms with Crippen molar-refractivity contribution in [3.05, 3.63) is 66.0 Å². The predicted octanol–water partition coefficient (Wildman–Crippen LogP) is 3.92. The van der Waals surface area contributed by atoms with Gasteiger partial charge in [0.2, 0.25) is 0 Å². The number of nitrogens with zero attached hydrogens (tertiary/aromatic N) is 2. The van der Waals surface area contributed by atoms with Crippen LogP contribution in [0.3, 0.4) is 0 Å². The van der Waals surface area contributed by atoms with E-state index >= 15 is 0 Å². The summed E-state index contributed by atoms with van der Waals surface area (Å²) in [6.07, 6.45) is 1.78. The standard InChI is InChI=1S/C17H13N3/c1-12-9-15(16-7-2-3-8-19-16)17(20-12)14-6-4-5-13(10-14)11-18/h2-10,20H,1H3. The monoisotopic (exact) mass is 259 g/mol. The fourth-order valence-corrected chi connectivity index (χ4v) is 2.29. The van der Waals surface area contributed by atoms with E-state index in [4.69, 9.17) is 5.26 Å². The summed E-state index contributed by atoms with van der Waals surface area (Å²) < 4.78 is 0. The van der Waals surface area contributed by atoms with Gasteiger partial charge >= 0.3 is 0 Å². The van der Waals surface area contributed by atoms with Crippen LogP contribution in [0.25, 0.3) is 22.5 Å². The zero-order valence-electron chi connectivity index (χ0n) is 11.1. The Hall–Kier alpha value is -2.86. The average molecular weight is 259 g/mol. The van der Waals surface area contributed by atoms with Gasteiger partial charge in [-0.2, -0.15) is 5.26 Å². The zero-order valence-corrected chi connectivity index (χ0v) is 11.1. The summed E-state index contributed by atoms with van der Waals surface area (Å²) in [5.41, 5.74) is 5.70. The fraction of sp³-hybridized carbons (Fsp3) is 0.0588. The smallest absolute Gasteiger partial charge is 0.0991 e. The predicted molar refractivity (Wildman–Crippen MR) is 78.9 cm³/mol. The van der Waals surface area contributed by atoms with Crippen LogP contribution in [0.1, 0.15) is 11.3 Å². The molecule has 0 amide bonds. The number of hydrogen-bond donors (Lipinski definition) is 1. The van der Waals surface area contributed by atoms with Crippen molar-refractivity contribution in [2.45, 2.75) is 6.92 Å². The van der Waals surface area contributed by atoms with E-state index in [1.54, 1.807) is 12.3 Å². The molecule has 0 saturated heterocycles. The second kappa shape index (κ2) is 5.02. The molecule has 0 aliphatic rings. The van der Waals surface area contributed by atoms with Crippen molar-refractivity contribution in [3.8, 4) is 28.6 Å². The molecular formula is C17H13N3. The lowest BCUT2D eigenvalue weighted by Crippen LogP contribution is -1.86. The lowest BCUT2D eigenvalue weighted by atomic mass is 10.0. The van der Waals surface area contributed by atoms with Gasteiger partial charge in [-0.05, 0) is 42.8 Å². The number of aromatic nitrogens is 2. The highest BCUT2D eigenvalue weighted by molar-refractivity contribution is 5.80. The van der Waals surface area contributed by atoms with Crippen LogP contribution in [0.2, 0.25) is 0 Å². The quantitative estimate of drug-likeness (QED) is 0.758. The van der Waals surface area contributed by atoms with Crippen LogP contribution >= 0.6 is 0 Å². The normalized spacial score (nSPS) is 10.2. The Morgan fingerprint density at radius 3 is 2.75 bits per heavy atom. The van der Waals surface area contributed by atoms with Crippen LogP contribution in [0.15, 0.2) is 54.7 Å². The minimum Gasteiger partial charge on any atom is -0.358 e. The van der Waals surface area contributed by atoms with Crippen LogP contribution in [0.5, 0.6) is 0 Å². The topological polar surface area (TPSA) is 52.5 Å². The maximum atomic E-state index is 9.03. The van der Waals surface area contributed by atoms with Gasteiger partial charge in [-0.15, -0.1) is 0 Å². The largest absolute Gasteiger partial charge is 0.358 e. The summed E-state index contributed by atoms with van der Waals surface area (Å²) in [4.78, 5) is 7.77. The molecule has 96 valence electrons. The number of rotatable bonds is 2. The van der Waals surface area contributed by atoms with E-state index < -0.39 is 0 Å². The molecule has 0 saturated carbocycles. The van der Waals surface area contributed by atoms with E-state index in [1.165, 1.54) is 0 Å². The Morgan fingerprint density at radius 1 is 1.10 bits per heavy atom. The van der Waals surface area contributed by atoms with Gasteiger partial charge in [0.25, 0.3) is 0 Å². The summed E-state index contributed by atoms with van der Waals surface area (Å²) in [6.45, 7) is 2.02. The van der Waals surface area contributed by atoms with Crippen LogP contribution in [-0.4, -0.2) is 9.97 Å². The van der Waals surface area contributed by atoms with Gasteiger partial charge in [-0.3, -0.25) is 4.98 Å². The second-order valence-electron chi connectivity index (χ2n) is 4.65. The first-order valence-corrected chi connectivity index (χ1v) is 6.39. The number of aryl methyl sites for hydroxylation is 1. The third-order valence-corrected chi connectivity index (χ3v) is 3.17. The Balaban J connectivity index is 2.17. The molecule has 1 aromatic carbocycles. The highest BCUT2D eigenvalue weighted by atomic mass is 14.7. The first-order chi connectivity index (χ1) is 9.78. The lowest BCUT2D eigenvalue weighted by molar-refractivity contribution is 1.26. The number of hydrogen-bond acceptors (Lipinski definition) is 2. The molecule has 0 aliphatic heterocycles. The molecule has 20 heavy (non-hydrogen) atoms. The maximum Gasteiger partial charge on any atom is 0.0991 e. The SMILES string of the molecule is Cc1cc(-c2ccccn2)c(-c2cccc(C#N)c2)[nH]1. The molecule has 2 aromatic heterocycles. The number of pyridine rings is 1. The Morgan fingerprint density at radius 2 is 2.00 bits per heavy atom. The first kappa shape index (κ1) is 12.2. The number of benzene rings is 1. The fourth-order valence-electron chi connectivity index (χ4n) is 2.29. The van der Waals surface area contributed by atoms with E-state index in [0.717, 1.165) is 28.2 Å². The highest BCUT2D eigenvalue weighted by Gasteiger charge is 2.11. The van der Waals surface area contributed by atoms with Crippen molar-refractivity contribution in [1.82, 2.24) is 9.97 Å². The first-order valence-electron chi connectivity index (χ1n) is 6.39. The molecule has 0 aliphatic carbocycles. The molecule has 1 N–H and O–H groups in total. The van der Waals surface area contributed by atoms with Crippen LogP contribution in [0, 0.1) is 18.3 Å². The summed E-state index contributed by atoms with van der Waals surface area (Å²) in [6, 6.07) is 17.7. The van der Waals surface area contributed by atoms with E-state index in [9.17, 15) is 0 Å². The molecule has 3 heteroatoms. The van der Waals surface area contributed by atoms with E-state index in [2.05, 4.69) is 22.1 Å². The maximum absolute atomic E-state index is 9.03. The number of nitriles is 1. The summed E-state index contributed by atoms with van der Waals surface area (Å²) in [5.74, 6) is 0. The number of H-pyrrole nitrogens is 1. The third-order valence-electron chi connectivity index (χ3n) is 3.17. The van der Waals surface area contributed by atoms with Gasteiger partial charge in [-0.1, -0.05) is 18.2 Å². The highest BCUT2D eigenvalue weighted by Crippen LogP contribution is 2.31. The summed E-state index contributed by atoms with van der Waals surface area (Å²) in [5, 5.41) is 9.03. The molecule has 3 rings (SSSR count). The molecule has 0 atom stereocenters. The zero-order chi connectivity index (χ0) is 13.9. The van der Waals surface area contributed by atoms with Gasteiger partial charge < -0.3 is 4.98 Å². The minimum absolute atomic E-state index is 0.654. The average Bonchev–Trinajstić information content (AvgIpc) is 2.90. The van der Waals surface area contributed by atoms with E-state index in [-0.39, 0.29) is 0 Å². The van der Waals surface area contributed by atoms with E-state index in [1.807, 2.05) is 43.3 Å². The van der Waals surface area contributed by atoms with Gasteiger partial charge in [0, 0.05) is 17.5 Å². The number of nitrogens with one attached hydrogen (secondary N) is 1. The van der Waals surface area contributed by atoms with E-state index in [0.29, 0.717) is 5.56 Å². The molecule has 0 spiro atoms. The van der Waals surface area contributed by atoms with Crippen LogP contribution < -0.4 is 0 Å². The number of aromatic amines is 1. The van der Waals surface area contributed by atoms with Gasteiger partial charge in [-0.25, -0.2) is 0 Å². The molecule has 2 heterocycles. The van der Waals surface area contributed by atoms with Crippen LogP contribution in [-0.2, 0) is 0 Å². The lowest BCUT2D eigenvalue weighted by Gasteiger charge is -2.04. The van der Waals surface area contributed by atoms with Crippen molar-refractivity contribution >= 4 is 0 Å². The van der Waals surface area contributed by atoms with Gasteiger partial charge in [0.1, 0.15) is 0 Å². The van der Waals surface area contributed by atoms with Gasteiger partial charge in [0.05, 0.1) is 23.0 Å². The van der Waals surface area contributed by atoms with Crippen molar-refractivity contribution in [2.24, 2.45) is 0 Å². The molecular weight excluding hydrogens is 246 g/mol. The molecule has 0 bridgehead atoms.